The zero-order valence-electron chi connectivity index (χ0n) is 13.7. The van der Waals surface area contributed by atoms with Gasteiger partial charge in [0.1, 0.15) is 5.60 Å². The van der Waals surface area contributed by atoms with Crippen molar-refractivity contribution in [3.05, 3.63) is 0 Å². The van der Waals surface area contributed by atoms with Crippen LogP contribution in [0.4, 0.5) is 4.79 Å². The summed E-state index contributed by atoms with van der Waals surface area (Å²) in [5, 5.41) is 3.55. The van der Waals surface area contributed by atoms with Gasteiger partial charge in [-0.1, -0.05) is 0 Å². The van der Waals surface area contributed by atoms with Crippen LogP contribution in [0.2, 0.25) is 0 Å². The Morgan fingerprint density at radius 2 is 2.10 bits per heavy atom. The number of nitrogens with one attached hydrogen (secondary N) is 1. The second-order valence-corrected chi connectivity index (χ2v) is 6.88. The number of nitrogens with zero attached hydrogens (tertiary/aromatic N) is 2. The van der Waals surface area contributed by atoms with Crippen molar-refractivity contribution in [1.29, 1.82) is 0 Å². The van der Waals surface area contributed by atoms with Gasteiger partial charge in [-0.05, 0) is 67.2 Å². The topological polar surface area (TPSA) is 44.8 Å². The van der Waals surface area contributed by atoms with E-state index in [4.69, 9.17) is 4.74 Å². The predicted octanol–water partition coefficient (Wildman–Crippen LogP) is 1.93. The maximum Gasteiger partial charge on any atom is 0.410 e. The van der Waals surface area contributed by atoms with Gasteiger partial charge in [-0.15, -0.1) is 0 Å². The Bertz CT molecular complexity index is 300. The smallest absolute Gasteiger partial charge is 0.410 e. The Balaban J connectivity index is 2.29. The van der Waals surface area contributed by atoms with Gasteiger partial charge in [0.25, 0.3) is 0 Å². The lowest BCUT2D eigenvalue weighted by atomic mass is 10.1. The van der Waals surface area contributed by atoms with Gasteiger partial charge in [0.2, 0.25) is 0 Å². The quantitative estimate of drug-likeness (QED) is 0.784. The van der Waals surface area contributed by atoms with Crippen LogP contribution >= 0.6 is 0 Å². The van der Waals surface area contributed by atoms with E-state index in [0.717, 1.165) is 45.4 Å². The fourth-order valence-electron chi connectivity index (χ4n) is 2.34. The Morgan fingerprint density at radius 3 is 2.70 bits per heavy atom. The highest BCUT2D eigenvalue weighted by atomic mass is 16.6. The van der Waals surface area contributed by atoms with Crippen LogP contribution in [-0.4, -0.2) is 67.8 Å². The molecular weight excluding hydrogens is 254 g/mol. The minimum atomic E-state index is -0.414. The molecule has 118 valence electrons. The van der Waals surface area contributed by atoms with Gasteiger partial charge in [-0.25, -0.2) is 4.79 Å². The van der Waals surface area contributed by atoms with Crippen molar-refractivity contribution in [2.24, 2.45) is 0 Å². The van der Waals surface area contributed by atoms with Crippen LogP contribution in [-0.2, 0) is 4.74 Å². The van der Waals surface area contributed by atoms with Crippen molar-refractivity contribution < 1.29 is 9.53 Å². The summed E-state index contributed by atoms with van der Waals surface area (Å²) in [6.45, 7) is 9.39. The normalized spacial score (nSPS) is 20.3. The monoisotopic (exact) mass is 285 g/mol. The molecule has 1 heterocycles. The number of carbonyl (C=O) groups is 1. The first-order valence-electron chi connectivity index (χ1n) is 7.64. The lowest BCUT2D eigenvalue weighted by Gasteiger charge is -2.34. The molecule has 0 spiro atoms. The van der Waals surface area contributed by atoms with Crippen LogP contribution in [0.15, 0.2) is 0 Å². The first-order chi connectivity index (χ1) is 9.28. The Morgan fingerprint density at radius 1 is 1.40 bits per heavy atom. The molecular formula is C15H31N3O2. The molecule has 1 aliphatic heterocycles. The van der Waals surface area contributed by atoms with Crippen LogP contribution in [0.5, 0.6) is 0 Å². The molecule has 0 bridgehead atoms. The lowest BCUT2D eigenvalue weighted by Crippen LogP contribution is -2.49. The lowest BCUT2D eigenvalue weighted by molar-refractivity contribution is 0.0187. The van der Waals surface area contributed by atoms with Gasteiger partial charge in [-0.2, -0.15) is 0 Å². The average molecular weight is 285 g/mol. The van der Waals surface area contributed by atoms with Gasteiger partial charge in [-0.3, -0.25) is 0 Å². The van der Waals surface area contributed by atoms with Crippen LogP contribution < -0.4 is 5.32 Å². The SMILES string of the molecule is CN(C)CCCNC1CCCN(C(=O)OC(C)(C)C)C1. The molecule has 1 saturated heterocycles. The molecule has 0 saturated carbocycles. The molecule has 1 N–H and O–H groups in total. The van der Waals surface area contributed by atoms with E-state index < -0.39 is 5.60 Å². The van der Waals surface area contributed by atoms with Gasteiger partial charge >= 0.3 is 6.09 Å². The molecule has 0 aromatic heterocycles. The highest BCUT2D eigenvalue weighted by molar-refractivity contribution is 5.68. The first kappa shape index (κ1) is 17.2. The van der Waals surface area contributed by atoms with Crippen molar-refractivity contribution in [2.75, 3.05) is 40.3 Å². The Labute approximate surface area is 123 Å². The minimum absolute atomic E-state index is 0.183. The third-order valence-corrected chi connectivity index (χ3v) is 3.29. The summed E-state index contributed by atoms with van der Waals surface area (Å²) in [4.78, 5) is 16.1. The number of rotatable bonds is 5. The summed E-state index contributed by atoms with van der Waals surface area (Å²) in [5.74, 6) is 0. The van der Waals surface area contributed by atoms with Gasteiger partial charge < -0.3 is 19.9 Å². The third-order valence-electron chi connectivity index (χ3n) is 3.29. The number of carbonyl (C=O) groups excluding carboxylic acids is 1. The number of ether oxygens (including phenoxy) is 1. The number of piperidine rings is 1. The van der Waals surface area contributed by atoms with E-state index in [1.54, 1.807) is 0 Å². The van der Waals surface area contributed by atoms with Crippen molar-refractivity contribution in [3.63, 3.8) is 0 Å². The number of hydrogen-bond donors (Lipinski definition) is 1. The Hall–Kier alpha value is -0.810. The molecule has 5 heteroatoms. The fraction of sp³-hybridized carbons (Fsp3) is 0.933. The summed E-state index contributed by atoms with van der Waals surface area (Å²) >= 11 is 0. The molecule has 0 aromatic rings. The Kier molecular flexibility index (Phi) is 6.76. The molecule has 20 heavy (non-hydrogen) atoms. The van der Waals surface area contributed by atoms with E-state index in [0.29, 0.717) is 6.04 Å². The first-order valence-corrected chi connectivity index (χ1v) is 7.64. The van der Waals surface area contributed by atoms with Crippen molar-refractivity contribution in [3.8, 4) is 0 Å². The molecule has 1 aliphatic rings. The molecule has 5 nitrogen and oxygen atoms in total. The number of likely N-dealkylation sites (tertiary alicyclic amines) is 1. The van der Waals surface area contributed by atoms with E-state index in [2.05, 4.69) is 24.3 Å². The highest BCUT2D eigenvalue weighted by Crippen LogP contribution is 2.15. The van der Waals surface area contributed by atoms with E-state index in [1.807, 2.05) is 25.7 Å². The zero-order valence-corrected chi connectivity index (χ0v) is 13.7. The summed E-state index contributed by atoms with van der Waals surface area (Å²) in [6.07, 6.45) is 3.14. The highest BCUT2D eigenvalue weighted by Gasteiger charge is 2.27. The van der Waals surface area contributed by atoms with Crippen LogP contribution in [0.3, 0.4) is 0 Å². The second-order valence-electron chi connectivity index (χ2n) is 6.88. The minimum Gasteiger partial charge on any atom is -0.444 e. The second kappa shape index (κ2) is 7.84. The molecule has 0 radical (unpaired) electrons. The average Bonchev–Trinajstić information content (AvgIpc) is 2.33. The molecule has 1 atom stereocenters. The predicted molar refractivity (Wildman–Crippen MR) is 82.0 cm³/mol. The van der Waals surface area contributed by atoms with Crippen LogP contribution in [0.25, 0.3) is 0 Å². The van der Waals surface area contributed by atoms with E-state index >= 15 is 0 Å². The van der Waals surface area contributed by atoms with Crippen LogP contribution in [0.1, 0.15) is 40.0 Å². The van der Waals surface area contributed by atoms with Crippen molar-refractivity contribution >= 4 is 6.09 Å². The molecule has 0 aromatic carbocycles. The standard InChI is InChI=1S/C15H31N3O2/c1-15(2,3)20-14(19)18-11-6-8-13(12-18)16-9-7-10-17(4)5/h13,16H,6-12H2,1-5H3. The number of hydrogen-bond acceptors (Lipinski definition) is 4. The van der Waals surface area contributed by atoms with Gasteiger partial charge in [0, 0.05) is 19.1 Å². The maximum absolute atomic E-state index is 12.0. The number of amides is 1. The summed E-state index contributed by atoms with van der Waals surface area (Å²) < 4.78 is 5.44. The summed E-state index contributed by atoms with van der Waals surface area (Å²) in [5.41, 5.74) is -0.414. The van der Waals surface area contributed by atoms with Crippen molar-refractivity contribution in [1.82, 2.24) is 15.1 Å². The molecule has 1 fully saturated rings. The van der Waals surface area contributed by atoms with Gasteiger partial charge in [0.05, 0.1) is 0 Å². The fourth-order valence-corrected chi connectivity index (χ4v) is 2.34. The molecule has 1 unspecified atom stereocenters. The van der Waals surface area contributed by atoms with E-state index in [-0.39, 0.29) is 6.09 Å². The summed E-state index contributed by atoms with van der Waals surface area (Å²) in [6, 6.07) is 0.401. The molecule has 1 amide bonds. The largest absolute Gasteiger partial charge is 0.444 e. The van der Waals surface area contributed by atoms with Gasteiger partial charge in [0.15, 0.2) is 0 Å². The maximum atomic E-state index is 12.0. The van der Waals surface area contributed by atoms with Crippen molar-refractivity contribution in [2.45, 2.75) is 51.7 Å². The van der Waals surface area contributed by atoms with E-state index in [9.17, 15) is 4.79 Å². The molecule has 1 rings (SSSR count). The summed E-state index contributed by atoms with van der Waals surface area (Å²) in [7, 11) is 4.18. The van der Waals surface area contributed by atoms with E-state index in [1.165, 1.54) is 0 Å². The zero-order chi connectivity index (χ0) is 15.2. The third kappa shape index (κ3) is 7.10. The van der Waals surface area contributed by atoms with Crippen LogP contribution in [0, 0.1) is 0 Å². The molecule has 0 aliphatic carbocycles.